The molecule has 29 heavy (non-hydrogen) atoms. The van der Waals surface area contributed by atoms with Crippen molar-refractivity contribution in [2.45, 2.75) is 17.3 Å². The summed E-state index contributed by atoms with van der Waals surface area (Å²) in [6.07, 6.45) is 0. The molecule has 0 spiro atoms. The number of ether oxygens (including phenoxy) is 1. The fraction of sp³-hybridized carbons (Fsp3) is 0.308. The van der Waals surface area contributed by atoms with Gasteiger partial charge in [0.05, 0.1) is 7.11 Å². The predicted molar refractivity (Wildman–Crippen MR) is 83.2 cm³/mol. The molecular formula is C13H12N2Na2O10S2. The van der Waals surface area contributed by atoms with Gasteiger partial charge in [-0.1, -0.05) is 30.3 Å². The number of nitrogens with zero attached hydrogens (tertiary/aromatic N) is 1. The molecule has 1 aliphatic heterocycles. The second-order valence-corrected chi connectivity index (χ2v) is 8.04. The Hall–Kier alpha value is -0.550. The van der Waals surface area contributed by atoms with Gasteiger partial charge in [-0.2, -0.15) is 0 Å². The first-order valence-electron chi connectivity index (χ1n) is 7.06. The van der Waals surface area contributed by atoms with Crippen LogP contribution in [0.15, 0.2) is 30.3 Å². The number of amides is 2. The number of nitrogens with one attached hydrogen (secondary N) is 1. The summed E-state index contributed by atoms with van der Waals surface area (Å²) in [5, 5.41) is -0.436. The Morgan fingerprint density at radius 1 is 1.10 bits per heavy atom. The number of esters is 1. The molecular weight excluding hydrogens is 454 g/mol. The molecule has 1 heterocycles. The van der Waals surface area contributed by atoms with Crippen molar-refractivity contribution in [3.05, 3.63) is 35.9 Å². The molecule has 3 atom stereocenters. The van der Waals surface area contributed by atoms with E-state index in [0.717, 1.165) is 7.11 Å². The van der Waals surface area contributed by atoms with E-state index in [1.165, 1.54) is 30.3 Å². The first-order chi connectivity index (χ1) is 12.4. The number of methoxy groups -OCH3 is 1. The topological polar surface area (TPSA) is 190 Å². The zero-order valence-corrected chi connectivity index (χ0v) is 21.1. The van der Waals surface area contributed by atoms with Gasteiger partial charge in [-0.25, -0.2) is 25.9 Å². The number of β-lactam (4-membered cyclic amide) rings is 1. The minimum absolute atomic E-state index is 0. The minimum atomic E-state index is -5.39. The van der Waals surface area contributed by atoms with Gasteiger partial charge in [-0.15, -0.1) is 0 Å². The number of carbonyl (C=O) groups excluding carboxylic acids is 3. The van der Waals surface area contributed by atoms with Crippen LogP contribution in [0.2, 0.25) is 0 Å². The number of rotatable bonds is 6. The van der Waals surface area contributed by atoms with Crippen LogP contribution in [0, 0.1) is 0 Å². The minimum Gasteiger partial charge on any atom is -0.747 e. The summed E-state index contributed by atoms with van der Waals surface area (Å²) in [4.78, 5) is 35.9. The summed E-state index contributed by atoms with van der Waals surface area (Å²) < 4.78 is 71.7. The van der Waals surface area contributed by atoms with E-state index >= 15 is 0 Å². The summed E-state index contributed by atoms with van der Waals surface area (Å²) in [7, 11) is -9.78. The van der Waals surface area contributed by atoms with Crippen LogP contribution in [0.4, 0.5) is 0 Å². The quantitative estimate of drug-likeness (QED) is 0.182. The molecule has 1 aromatic rings. The van der Waals surface area contributed by atoms with Gasteiger partial charge >= 0.3 is 65.1 Å². The molecule has 0 aromatic heterocycles. The molecule has 0 aliphatic carbocycles. The summed E-state index contributed by atoms with van der Waals surface area (Å²) in [5.41, 5.74) is -0.209. The fourth-order valence-corrected chi connectivity index (χ4v) is 4.15. The van der Waals surface area contributed by atoms with Crippen LogP contribution in [0.5, 0.6) is 0 Å². The Morgan fingerprint density at radius 2 is 1.62 bits per heavy atom. The molecule has 1 saturated heterocycles. The first-order valence-corrected chi connectivity index (χ1v) is 9.90. The predicted octanol–water partition coefficient (Wildman–Crippen LogP) is -8.39. The van der Waals surface area contributed by atoms with Gasteiger partial charge in [-0.05, 0) is 5.56 Å². The Labute approximate surface area is 210 Å². The van der Waals surface area contributed by atoms with Gasteiger partial charge in [0.25, 0.3) is 5.91 Å². The van der Waals surface area contributed by atoms with Crippen molar-refractivity contribution in [1.29, 1.82) is 0 Å². The second kappa shape index (κ2) is 10.7. The Bertz CT molecular complexity index is 984. The Morgan fingerprint density at radius 3 is 2.03 bits per heavy atom. The van der Waals surface area contributed by atoms with Crippen molar-refractivity contribution in [1.82, 2.24) is 9.62 Å². The molecule has 12 nitrogen and oxygen atoms in total. The average molecular weight is 466 g/mol. The van der Waals surface area contributed by atoms with Crippen LogP contribution in [0.1, 0.15) is 10.8 Å². The maximum absolute atomic E-state index is 12.3. The number of benzene rings is 1. The maximum atomic E-state index is 12.3. The first kappa shape index (κ1) is 28.5. The van der Waals surface area contributed by atoms with Gasteiger partial charge in [-0.3, -0.25) is 9.59 Å². The molecule has 0 radical (unpaired) electrons. The van der Waals surface area contributed by atoms with Crippen molar-refractivity contribution in [3.63, 3.8) is 0 Å². The molecule has 1 aliphatic rings. The molecule has 1 fully saturated rings. The van der Waals surface area contributed by atoms with Gasteiger partial charge in [0.1, 0.15) is 16.2 Å². The fourth-order valence-electron chi connectivity index (χ4n) is 2.51. The maximum Gasteiger partial charge on any atom is 1.00 e. The average Bonchev–Trinajstić information content (AvgIpc) is 2.55. The van der Waals surface area contributed by atoms with Crippen molar-refractivity contribution in [3.8, 4) is 0 Å². The van der Waals surface area contributed by atoms with Crippen LogP contribution in [-0.4, -0.2) is 67.2 Å². The summed E-state index contributed by atoms with van der Waals surface area (Å²) >= 11 is 0. The molecule has 1 aromatic carbocycles. The monoisotopic (exact) mass is 466 g/mol. The molecule has 1 N–H and O–H groups in total. The van der Waals surface area contributed by atoms with E-state index < -0.39 is 55.5 Å². The van der Waals surface area contributed by atoms with Gasteiger partial charge in [0.15, 0.2) is 21.6 Å². The normalized spacial score (nSPS) is 19.7. The molecule has 0 bridgehead atoms. The van der Waals surface area contributed by atoms with E-state index in [4.69, 9.17) is 0 Å². The summed E-state index contributed by atoms with van der Waals surface area (Å²) in [6.45, 7) is 0. The van der Waals surface area contributed by atoms with Crippen LogP contribution in [0.3, 0.4) is 0 Å². The van der Waals surface area contributed by atoms with E-state index in [1.54, 1.807) is 0 Å². The Balaban J connectivity index is 0.00000392. The third-order valence-corrected chi connectivity index (χ3v) is 5.61. The molecule has 2 amide bonds. The largest absolute Gasteiger partial charge is 1.00 e. The second-order valence-electron chi connectivity index (χ2n) is 5.33. The molecule has 2 rings (SSSR count). The van der Waals surface area contributed by atoms with Gasteiger partial charge in [0.2, 0.25) is 5.91 Å². The van der Waals surface area contributed by atoms with E-state index in [2.05, 4.69) is 4.74 Å². The molecule has 16 heteroatoms. The zero-order chi connectivity index (χ0) is 20.6. The van der Waals surface area contributed by atoms with E-state index in [0.29, 0.717) is 0 Å². The van der Waals surface area contributed by atoms with Crippen LogP contribution in [-0.2, 0) is 39.5 Å². The van der Waals surface area contributed by atoms with Crippen molar-refractivity contribution in [2.75, 3.05) is 7.11 Å². The van der Waals surface area contributed by atoms with Crippen molar-refractivity contribution < 1.29 is 104 Å². The summed E-state index contributed by atoms with van der Waals surface area (Å²) in [5.74, 6) is -4.27. The number of carbonyl (C=O) groups is 3. The molecule has 1 unspecified atom stereocenters. The third kappa shape index (κ3) is 6.22. The van der Waals surface area contributed by atoms with E-state index in [1.807, 2.05) is 5.32 Å². The zero-order valence-electron chi connectivity index (χ0n) is 15.5. The Kier molecular flexibility index (Phi) is 10.5. The summed E-state index contributed by atoms with van der Waals surface area (Å²) in [6, 6.07) is 2.66. The van der Waals surface area contributed by atoms with Crippen LogP contribution < -0.4 is 64.4 Å². The third-order valence-electron chi connectivity index (χ3n) is 3.66. The van der Waals surface area contributed by atoms with E-state index in [-0.39, 0.29) is 69.0 Å². The smallest absolute Gasteiger partial charge is 0.747 e. The SMILES string of the molecule is COC(=O)[C@H]1[C@@H](NC(=O)C(c2ccccc2)S(=O)(=O)[O-])C(=O)N1S(=O)(=O)[O-].[Na+].[Na+]. The molecule has 0 saturated carbocycles. The number of hydrogen-bond donors (Lipinski definition) is 1. The molecule has 148 valence electrons. The van der Waals surface area contributed by atoms with Crippen LogP contribution >= 0.6 is 0 Å². The van der Waals surface area contributed by atoms with Gasteiger partial charge in [0, 0.05) is 0 Å². The van der Waals surface area contributed by atoms with E-state index in [9.17, 15) is 40.3 Å². The standard InChI is InChI=1S/C13H14N2O10S2.2Na/c1-25-13(18)9-8(12(17)15(9)27(22,23)24)14-11(16)10(26(19,20)21)7-5-3-2-4-6-7;;/h2-6,8-10H,1H3,(H,14,16)(H,19,20,21)(H,22,23,24);;/q;2*+1/p-2/t8-,9-,10?;;/m1../s1. The van der Waals surface area contributed by atoms with Gasteiger partial charge < -0.3 is 19.2 Å². The van der Waals surface area contributed by atoms with Crippen LogP contribution in [0.25, 0.3) is 0 Å². The van der Waals surface area contributed by atoms with Crippen molar-refractivity contribution >= 4 is 38.2 Å². The van der Waals surface area contributed by atoms with Crippen molar-refractivity contribution in [2.24, 2.45) is 0 Å². The number of hydrogen-bond acceptors (Lipinski definition) is 10.